The van der Waals surface area contributed by atoms with Crippen LogP contribution in [0.4, 0.5) is 5.69 Å². The molecule has 1 aromatic carbocycles. The summed E-state index contributed by atoms with van der Waals surface area (Å²) in [6, 6.07) is 4.50. The van der Waals surface area contributed by atoms with E-state index in [1.54, 1.807) is 0 Å². The monoisotopic (exact) mass is 376 g/mol. The quantitative estimate of drug-likeness (QED) is 0.557. The van der Waals surface area contributed by atoms with E-state index in [-0.39, 0.29) is 41.5 Å². The van der Waals surface area contributed by atoms with Gasteiger partial charge in [-0.05, 0) is 26.1 Å². The van der Waals surface area contributed by atoms with Crippen molar-refractivity contribution in [2.24, 2.45) is 0 Å². The zero-order valence-corrected chi connectivity index (χ0v) is 14.8. The first-order valence-corrected chi connectivity index (χ1v) is 7.43. The van der Waals surface area contributed by atoms with Crippen molar-refractivity contribution >= 4 is 29.7 Å². The van der Waals surface area contributed by atoms with Crippen LogP contribution in [-0.2, 0) is 12.8 Å². The largest absolute Gasteiger partial charge is 0.486 e. The summed E-state index contributed by atoms with van der Waals surface area (Å²) in [5.74, 6) is 1.20. The molecule has 0 saturated carbocycles. The van der Waals surface area contributed by atoms with Crippen molar-refractivity contribution in [3.05, 3.63) is 45.1 Å². The van der Waals surface area contributed by atoms with Crippen molar-refractivity contribution < 1.29 is 14.2 Å². The summed E-state index contributed by atoms with van der Waals surface area (Å²) in [4.78, 5) is 14.7. The maximum Gasteiger partial charge on any atom is 0.312 e. The Kier molecular flexibility index (Phi) is 7.90. The van der Waals surface area contributed by atoms with Crippen molar-refractivity contribution in [1.82, 2.24) is 15.5 Å². The summed E-state index contributed by atoms with van der Waals surface area (Å²) in [6.07, 6.45) is 1.02. The number of nitrogens with zero attached hydrogens (tertiary/aromatic N) is 3. The van der Waals surface area contributed by atoms with Crippen molar-refractivity contribution in [3.63, 3.8) is 0 Å². The standard InChI is InChI=1S/C14H17ClN4O4.ClH/c1-9(16-2)7-13-17-14(23-18-13)5-6-22-12-4-3-10(15)8-11(12)19(20)21;/h3-4,8-9,16H,5-7H2,1-2H3;1H. The van der Waals surface area contributed by atoms with E-state index in [0.29, 0.717) is 24.6 Å². The van der Waals surface area contributed by atoms with Gasteiger partial charge < -0.3 is 14.6 Å². The van der Waals surface area contributed by atoms with Crippen LogP contribution < -0.4 is 10.1 Å². The summed E-state index contributed by atoms with van der Waals surface area (Å²) in [6.45, 7) is 2.20. The van der Waals surface area contributed by atoms with Gasteiger partial charge in [0.1, 0.15) is 0 Å². The fourth-order valence-corrected chi connectivity index (χ4v) is 2.02. The van der Waals surface area contributed by atoms with Gasteiger partial charge in [-0.1, -0.05) is 16.8 Å². The number of benzene rings is 1. The predicted molar refractivity (Wildman–Crippen MR) is 91.1 cm³/mol. The van der Waals surface area contributed by atoms with Gasteiger partial charge in [-0.2, -0.15) is 4.98 Å². The molecule has 1 heterocycles. The molecule has 10 heteroatoms. The van der Waals surface area contributed by atoms with Gasteiger partial charge in [0.2, 0.25) is 5.89 Å². The topological polar surface area (TPSA) is 103 Å². The number of rotatable bonds is 8. The summed E-state index contributed by atoms with van der Waals surface area (Å²) in [5, 5.41) is 18.2. The van der Waals surface area contributed by atoms with Gasteiger partial charge in [-0.25, -0.2) is 0 Å². The Bertz CT molecular complexity index is 681. The second kappa shape index (κ2) is 9.41. The molecule has 0 amide bonds. The van der Waals surface area contributed by atoms with E-state index in [1.807, 2.05) is 14.0 Å². The second-order valence-electron chi connectivity index (χ2n) is 4.97. The molecule has 0 aliphatic carbocycles. The summed E-state index contributed by atoms with van der Waals surface area (Å²) < 4.78 is 10.5. The summed E-state index contributed by atoms with van der Waals surface area (Å²) >= 11 is 5.75. The molecule has 0 radical (unpaired) electrons. The number of nitro groups is 1. The van der Waals surface area contributed by atoms with Crippen LogP contribution in [-0.4, -0.2) is 34.8 Å². The van der Waals surface area contributed by atoms with Gasteiger partial charge in [0, 0.05) is 23.6 Å². The number of ether oxygens (including phenoxy) is 1. The number of hydrogen-bond donors (Lipinski definition) is 1. The molecule has 24 heavy (non-hydrogen) atoms. The predicted octanol–water partition coefficient (Wildman–Crippen LogP) is 2.82. The summed E-state index contributed by atoms with van der Waals surface area (Å²) in [5.41, 5.74) is -0.174. The Morgan fingerprint density at radius 2 is 2.25 bits per heavy atom. The molecule has 1 aromatic heterocycles. The zero-order chi connectivity index (χ0) is 16.8. The van der Waals surface area contributed by atoms with Gasteiger partial charge in [-0.15, -0.1) is 12.4 Å². The van der Waals surface area contributed by atoms with Crippen LogP contribution in [0.25, 0.3) is 0 Å². The third-order valence-electron chi connectivity index (χ3n) is 3.18. The molecule has 0 aliphatic heterocycles. The Morgan fingerprint density at radius 1 is 1.50 bits per heavy atom. The third kappa shape index (κ3) is 5.63. The van der Waals surface area contributed by atoms with E-state index >= 15 is 0 Å². The molecule has 0 saturated heterocycles. The number of likely N-dealkylation sites (N-methyl/N-ethyl adjacent to an activating group) is 1. The first-order chi connectivity index (χ1) is 11.0. The smallest absolute Gasteiger partial charge is 0.312 e. The van der Waals surface area contributed by atoms with Crippen molar-refractivity contribution in [3.8, 4) is 5.75 Å². The molecule has 1 atom stereocenters. The normalized spacial score (nSPS) is 11.6. The highest BCUT2D eigenvalue weighted by atomic mass is 35.5. The molecular weight excluding hydrogens is 359 g/mol. The number of nitro benzene ring substituents is 1. The van der Waals surface area contributed by atoms with Gasteiger partial charge in [0.15, 0.2) is 11.6 Å². The lowest BCUT2D eigenvalue weighted by molar-refractivity contribution is -0.385. The van der Waals surface area contributed by atoms with Gasteiger partial charge in [0.25, 0.3) is 0 Å². The molecule has 0 bridgehead atoms. The average molecular weight is 377 g/mol. The number of nitrogens with one attached hydrogen (secondary N) is 1. The van der Waals surface area contributed by atoms with E-state index < -0.39 is 4.92 Å². The van der Waals surface area contributed by atoms with E-state index in [9.17, 15) is 10.1 Å². The fourth-order valence-electron chi connectivity index (χ4n) is 1.85. The van der Waals surface area contributed by atoms with Crippen LogP contribution in [0.5, 0.6) is 5.75 Å². The maximum atomic E-state index is 11.0. The Balaban J connectivity index is 0.00000288. The van der Waals surface area contributed by atoms with E-state index in [0.717, 1.165) is 0 Å². The highest BCUT2D eigenvalue weighted by molar-refractivity contribution is 6.30. The van der Waals surface area contributed by atoms with E-state index in [2.05, 4.69) is 15.5 Å². The fraction of sp³-hybridized carbons (Fsp3) is 0.429. The van der Waals surface area contributed by atoms with Crippen LogP contribution in [0.1, 0.15) is 18.6 Å². The first kappa shape index (κ1) is 20.1. The zero-order valence-electron chi connectivity index (χ0n) is 13.2. The Labute approximate surface area is 150 Å². The minimum absolute atomic E-state index is 0. The van der Waals surface area contributed by atoms with E-state index in [4.69, 9.17) is 20.9 Å². The minimum Gasteiger partial charge on any atom is -0.486 e. The van der Waals surface area contributed by atoms with Crippen LogP contribution in [0.2, 0.25) is 5.02 Å². The molecule has 0 spiro atoms. The highest BCUT2D eigenvalue weighted by Gasteiger charge is 2.16. The molecule has 2 aromatic rings. The lowest BCUT2D eigenvalue weighted by Crippen LogP contribution is -2.24. The molecular formula is C14H18Cl2N4O4. The van der Waals surface area contributed by atoms with Gasteiger partial charge in [-0.3, -0.25) is 10.1 Å². The van der Waals surface area contributed by atoms with Crippen LogP contribution >= 0.6 is 24.0 Å². The first-order valence-electron chi connectivity index (χ1n) is 7.05. The number of hydrogen-bond acceptors (Lipinski definition) is 7. The lowest BCUT2D eigenvalue weighted by atomic mass is 10.2. The molecule has 1 unspecified atom stereocenters. The Hall–Kier alpha value is -1.90. The van der Waals surface area contributed by atoms with Gasteiger partial charge >= 0.3 is 5.69 Å². The highest BCUT2D eigenvalue weighted by Crippen LogP contribution is 2.29. The average Bonchev–Trinajstić information content (AvgIpc) is 2.95. The summed E-state index contributed by atoms with van der Waals surface area (Å²) in [7, 11) is 1.86. The van der Waals surface area contributed by atoms with Crippen LogP contribution in [0, 0.1) is 10.1 Å². The van der Waals surface area contributed by atoms with E-state index in [1.165, 1.54) is 18.2 Å². The van der Waals surface area contributed by atoms with Crippen LogP contribution in [0.3, 0.4) is 0 Å². The molecule has 0 aliphatic rings. The van der Waals surface area contributed by atoms with Gasteiger partial charge in [0.05, 0.1) is 18.0 Å². The third-order valence-corrected chi connectivity index (χ3v) is 3.42. The maximum absolute atomic E-state index is 11.0. The lowest BCUT2D eigenvalue weighted by Gasteiger charge is -2.05. The van der Waals surface area contributed by atoms with Crippen LogP contribution in [0.15, 0.2) is 22.7 Å². The Morgan fingerprint density at radius 3 is 2.92 bits per heavy atom. The van der Waals surface area contributed by atoms with Crippen molar-refractivity contribution in [1.29, 1.82) is 0 Å². The second-order valence-corrected chi connectivity index (χ2v) is 5.40. The molecule has 1 N–H and O–H groups in total. The molecule has 2 rings (SSSR count). The molecule has 0 fully saturated rings. The molecule has 132 valence electrons. The van der Waals surface area contributed by atoms with Crippen molar-refractivity contribution in [2.75, 3.05) is 13.7 Å². The number of halogens is 2. The minimum atomic E-state index is -0.537. The van der Waals surface area contributed by atoms with Crippen molar-refractivity contribution in [2.45, 2.75) is 25.8 Å². The SMILES string of the molecule is CNC(C)Cc1noc(CCOc2ccc(Cl)cc2[N+](=O)[O-])n1.Cl. The molecule has 8 nitrogen and oxygen atoms in total. The number of aromatic nitrogens is 2.